The SMILES string of the molecule is Cc1[nH]ncc1CNc1ccccc1N1CCCC1=O. The van der Waals surface area contributed by atoms with Gasteiger partial charge in [-0.2, -0.15) is 5.10 Å². The highest BCUT2D eigenvalue weighted by Gasteiger charge is 2.23. The molecule has 0 spiro atoms. The lowest BCUT2D eigenvalue weighted by atomic mass is 10.2. The molecule has 1 aromatic carbocycles. The van der Waals surface area contributed by atoms with E-state index in [1.165, 1.54) is 0 Å². The average Bonchev–Trinajstić information content (AvgIpc) is 3.06. The van der Waals surface area contributed by atoms with Crippen molar-refractivity contribution in [3.05, 3.63) is 41.7 Å². The van der Waals surface area contributed by atoms with Gasteiger partial charge in [0.05, 0.1) is 17.6 Å². The number of benzene rings is 1. The summed E-state index contributed by atoms with van der Waals surface area (Å²) in [4.78, 5) is 13.8. The van der Waals surface area contributed by atoms with Crippen LogP contribution in [-0.4, -0.2) is 22.6 Å². The van der Waals surface area contributed by atoms with Gasteiger partial charge in [0, 0.05) is 30.8 Å². The number of aryl methyl sites for hydroxylation is 1. The second-order valence-corrected chi connectivity index (χ2v) is 5.04. The first-order valence-corrected chi connectivity index (χ1v) is 6.88. The minimum absolute atomic E-state index is 0.207. The Morgan fingerprint density at radius 2 is 2.25 bits per heavy atom. The molecule has 2 heterocycles. The Balaban J connectivity index is 1.79. The summed E-state index contributed by atoms with van der Waals surface area (Å²) in [6.07, 6.45) is 3.41. The van der Waals surface area contributed by atoms with Crippen LogP contribution in [0.4, 0.5) is 11.4 Å². The van der Waals surface area contributed by atoms with Crippen LogP contribution in [0.5, 0.6) is 0 Å². The Morgan fingerprint density at radius 1 is 1.40 bits per heavy atom. The molecule has 0 unspecified atom stereocenters. The van der Waals surface area contributed by atoms with E-state index in [0.717, 1.165) is 35.6 Å². The normalized spacial score (nSPS) is 14.8. The zero-order valence-electron chi connectivity index (χ0n) is 11.5. The Kier molecular flexibility index (Phi) is 3.41. The average molecular weight is 270 g/mol. The lowest BCUT2D eigenvalue weighted by Gasteiger charge is -2.20. The van der Waals surface area contributed by atoms with Gasteiger partial charge in [0.2, 0.25) is 5.91 Å². The summed E-state index contributed by atoms with van der Waals surface area (Å²) in [5.74, 6) is 0.207. The van der Waals surface area contributed by atoms with Gasteiger partial charge in [0.15, 0.2) is 0 Å². The number of anilines is 2. The van der Waals surface area contributed by atoms with Gasteiger partial charge in [0.1, 0.15) is 0 Å². The van der Waals surface area contributed by atoms with E-state index in [4.69, 9.17) is 0 Å². The fraction of sp³-hybridized carbons (Fsp3) is 0.333. The topological polar surface area (TPSA) is 61.0 Å². The fourth-order valence-corrected chi connectivity index (χ4v) is 2.51. The van der Waals surface area contributed by atoms with E-state index in [-0.39, 0.29) is 5.91 Å². The molecule has 0 radical (unpaired) electrons. The maximum atomic E-state index is 11.9. The van der Waals surface area contributed by atoms with Crippen LogP contribution in [0.25, 0.3) is 0 Å². The molecule has 3 rings (SSSR count). The second-order valence-electron chi connectivity index (χ2n) is 5.04. The zero-order valence-corrected chi connectivity index (χ0v) is 11.5. The molecule has 0 saturated carbocycles. The highest BCUT2D eigenvalue weighted by molar-refractivity contribution is 5.98. The first kappa shape index (κ1) is 12.7. The summed E-state index contributed by atoms with van der Waals surface area (Å²) in [5.41, 5.74) is 4.15. The quantitative estimate of drug-likeness (QED) is 0.897. The maximum Gasteiger partial charge on any atom is 0.227 e. The molecule has 1 amide bonds. The first-order valence-electron chi connectivity index (χ1n) is 6.88. The lowest BCUT2D eigenvalue weighted by molar-refractivity contribution is -0.117. The van der Waals surface area contributed by atoms with Crippen molar-refractivity contribution >= 4 is 17.3 Å². The predicted molar refractivity (Wildman–Crippen MR) is 78.7 cm³/mol. The summed E-state index contributed by atoms with van der Waals surface area (Å²) in [6, 6.07) is 7.95. The largest absolute Gasteiger partial charge is 0.379 e. The van der Waals surface area contributed by atoms with Crippen LogP contribution < -0.4 is 10.2 Å². The molecule has 1 aliphatic heterocycles. The minimum atomic E-state index is 0.207. The fourth-order valence-electron chi connectivity index (χ4n) is 2.51. The number of carbonyl (C=O) groups is 1. The molecule has 5 nitrogen and oxygen atoms in total. The van der Waals surface area contributed by atoms with Crippen LogP contribution in [0.2, 0.25) is 0 Å². The van der Waals surface area contributed by atoms with Crippen LogP contribution >= 0.6 is 0 Å². The van der Waals surface area contributed by atoms with Gasteiger partial charge in [-0.25, -0.2) is 0 Å². The summed E-state index contributed by atoms with van der Waals surface area (Å²) in [6.45, 7) is 3.50. The molecule has 5 heteroatoms. The van der Waals surface area contributed by atoms with Crippen LogP contribution in [0.3, 0.4) is 0 Å². The van der Waals surface area contributed by atoms with Crippen molar-refractivity contribution in [3.8, 4) is 0 Å². The van der Waals surface area contributed by atoms with Gasteiger partial charge < -0.3 is 10.2 Å². The van der Waals surface area contributed by atoms with Crippen LogP contribution in [-0.2, 0) is 11.3 Å². The van der Waals surface area contributed by atoms with E-state index < -0.39 is 0 Å². The Bertz CT molecular complexity index is 620. The van der Waals surface area contributed by atoms with Crippen molar-refractivity contribution in [1.29, 1.82) is 0 Å². The van der Waals surface area contributed by atoms with E-state index >= 15 is 0 Å². The third-order valence-electron chi connectivity index (χ3n) is 3.67. The number of hydrogen-bond donors (Lipinski definition) is 2. The molecule has 0 atom stereocenters. The highest BCUT2D eigenvalue weighted by atomic mass is 16.2. The third-order valence-corrected chi connectivity index (χ3v) is 3.67. The molecule has 104 valence electrons. The molecular formula is C15H18N4O. The number of carbonyl (C=O) groups excluding carboxylic acids is 1. The molecule has 0 aliphatic carbocycles. The predicted octanol–water partition coefficient (Wildman–Crippen LogP) is 2.46. The molecule has 2 aromatic rings. The zero-order chi connectivity index (χ0) is 13.9. The smallest absolute Gasteiger partial charge is 0.227 e. The van der Waals surface area contributed by atoms with Crippen molar-refractivity contribution < 1.29 is 4.79 Å². The van der Waals surface area contributed by atoms with Crippen molar-refractivity contribution in [2.24, 2.45) is 0 Å². The number of nitrogens with zero attached hydrogens (tertiary/aromatic N) is 2. The molecule has 1 aliphatic rings. The Labute approximate surface area is 118 Å². The Morgan fingerprint density at radius 3 is 2.95 bits per heavy atom. The molecule has 1 saturated heterocycles. The number of nitrogens with one attached hydrogen (secondary N) is 2. The summed E-state index contributed by atoms with van der Waals surface area (Å²) < 4.78 is 0. The molecule has 1 aromatic heterocycles. The van der Waals surface area contributed by atoms with Crippen LogP contribution in [0, 0.1) is 6.92 Å². The van der Waals surface area contributed by atoms with E-state index in [1.54, 1.807) is 0 Å². The number of H-pyrrole nitrogens is 1. The number of para-hydroxylation sites is 2. The minimum Gasteiger partial charge on any atom is -0.379 e. The van der Waals surface area contributed by atoms with E-state index in [9.17, 15) is 4.79 Å². The number of aromatic amines is 1. The Hall–Kier alpha value is -2.30. The monoisotopic (exact) mass is 270 g/mol. The lowest BCUT2D eigenvalue weighted by Crippen LogP contribution is -2.24. The standard InChI is InChI=1S/C15H18N4O/c1-11-12(10-17-18-11)9-16-13-5-2-3-6-14(13)19-8-4-7-15(19)20/h2-3,5-6,10,16H,4,7-9H2,1H3,(H,17,18). The molecular weight excluding hydrogens is 252 g/mol. The van der Waals surface area contributed by atoms with Crippen molar-refractivity contribution in [2.45, 2.75) is 26.3 Å². The molecule has 1 fully saturated rings. The van der Waals surface area contributed by atoms with Crippen LogP contribution in [0.15, 0.2) is 30.5 Å². The maximum absolute atomic E-state index is 11.9. The van der Waals surface area contributed by atoms with E-state index in [0.29, 0.717) is 13.0 Å². The summed E-state index contributed by atoms with van der Waals surface area (Å²) >= 11 is 0. The summed E-state index contributed by atoms with van der Waals surface area (Å²) in [5, 5.41) is 10.3. The number of amides is 1. The summed E-state index contributed by atoms with van der Waals surface area (Å²) in [7, 11) is 0. The van der Waals surface area contributed by atoms with Gasteiger partial charge in [-0.1, -0.05) is 12.1 Å². The third kappa shape index (κ3) is 2.39. The van der Waals surface area contributed by atoms with E-state index in [2.05, 4.69) is 15.5 Å². The van der Waals surface area contributed by atoms with Gasteiger partial charge in [-0.05, 0) is 25.5 Å². The molecule has 2 N–H and O–H groups in total. The van der Waals surface area contributed by atoms with Gasteiger partial charge in [-0.3, -0.25) is 9.89 Å². The van der Waals surface area contributed by atoms with Gasteiger partial charge in [0.25, 0.3) is 0 Å². The van der Waals surface area contributed by atoms with Crippen molar-refractivity contribution in [1.82, 2.24) is 10.2 Å². The number of hydrogen-bond acceptors (Lipinski definition) is 3. The van der Waals surface area contributed by atoms with Crippen molar-refractivity contribution in [3.63, 3.8) is 0 Å². The van der Waals surface area contributed by atoms with Gasteiger partial charge in [-0.15, -0.1) is 0 Å². The second kappa shape index (κ2) is 5.36. The van der Waals surface area contributed by atoms with E-state index in [1.807, 2.05) is 42.3 Å². The molecule has 0 bridgehead atoms. The number of rotatable bonds is 4. The van der Waals surface area contributed by atoms with Gasteiger partial charge >= 0.3 is 0 Å². The van der Waals surface area contributed by atoms with Crippen LogP contribution in [0.1, 0.15) is 24.1 Å². The highest BCUT2D eigenvalue weighted by Crippen LogP contribution is 2.29. The number of aromatic nitrogens is 2. The van der Waals surface area contributed by atoms with Crippen molar-refractivity contribution in [2.75, 3.05) is 16.8 Å². The first-order chi connectivity index (χ1) is 9.75. The molecule has 20 heavy (non-hydrogen) atoms.